The van der Waals surface area contributed by atoms with Crippen LogP contribution in [0, 0.1) is 0 Å². The van der Waals surface area contributed by atoms with E-state index in [1.54, 1.807) is 0 Å². The van der Waals surface area contributed by atoms with E-state index in [-0.39, 0.29) is 17.3 Å². The Morgan fingerprint density at radius 1 is 1.26 bits per heavy atom. The Bertz CT molecular complexity index is 479. The summed E-state index contributed by atoms with van der Waals surface area (Å²) >= 11 is 0. The highest BCUT2D eigenvalue weighted by atomic mass is 19.4. The lowest BCUT2D eigenvalue weighted by Crippen LogP contribution is -2.18. The molecule has 104 valence electrons. The summed E-state index contributed by atoms with van der Waals surface area (Å²) < 4.78 is 37.7. The van der Waals surface area contributed by atoms with Crippen LogP contribution in [0.25, 0.3) is 0 Å². The molecule has 0 bridgehead atoms. The molecule has 6 heteroatoms. The molecule has 1 aliphatic carbocycles. The maximum Gasteiger partial charge on any atom is 0.416 e. The van der Waals surface area contributed by atoms with Gasteiger partial charge < -0.3 is 10.4 Å². The van der Waals surface area contributed by atoms with Gasteiger partial charge in [0.2, 0.25) is 0 Å². The first-order chi connectivity index (χ1) is 8.88. The van der Waals surface area contributed by atoms with Gasteiger partial charge in [0, 0.05) is 11.7 Å². The van der Waals surface area contributed by atoms with E-state index in [4.69, 9.17) is 5.11 Å². The summed E-state index contributed by atoms with van der Waals surface area (Å²) in [5.41, 5.74) is -1.02. The lowest BCUT2D eigenvalue weighted by atomic mass is 10.1. The zero-order chi connectivity index (χ0) is 14.0. The molecule has 0 spiro atoms. The van der Waals surface area contributed by atoms with E-state index in [9.17, 15) is 18.0 Å². The highest BCUT2D eigenvalue weighted by molar-refractivity contribution is 5.94. The molecule has 0 unspecified atom stereocenters. The summed E-state index contributed by atoms with van der Waals surface area (Å²) in [6, 6.07) is 2.93. The van der Waals surface area contributed by atoms with Crippen molar-refractivity contribution in [3.63, 3.8) is 0 Å². The molecule has 19 heavy (non-hydrogen) atoms. The molecule has 1 aliphatic rings. The van der Waals surface area contributed by atoms with Crippen LogP contribution in [-0.4, -0.2) is 17.1 Å². The number of alkyl halides is 3. The number of carboxylic acids is 1. The standard InChI is InChI=1S/C13H14F3NO2/c14-13(15,16)8-5-6-11(10(7-8)12(18)19)17-9-3-1-2-4-9/h5-7,9,17H,1-4H2,(H,18,19). The van der Waals surface area contributed by atoms with Crippen molar-refractivity contribution in [2.75, 3.05) is 5.32 Å². The van der Waals surface area contributed by atoms with Crippen molar-refractivity contribution in [3.8, 4) is 0 Å². The second kappa shape index (κ2) is 5.11. The zero-order valence-corrected chi connectivity index (χ0v) is 10.1. The molecule has 0 amide bonds. The van der Waals surface area contributed by atoms with Crippen LogP contribution in [0.15, 0.2) is 18.2 Å². The summed E-state index contributed by atoms with van der Waals surface area (Å²) in [7, 11) is 0. The average molecular weight is 273 g/mol. The summed E-state index contributed by atoms with van der Waals surface area (Å²) in [6.45, 7) is 0. The van der Waals surface area contributed by atoms with Crippen LogP contribution in [-0.2, 0) is 6.18 Å². The average Bonchev–Trinajstić information content (AvgIpc) is 2.80. The first-order valence-electron chi connectivity index (χ1n) is 6.09. The van der Waals surface area contributed by atoms with Crippen molar-refractivity contribution in [3.05, 3.63) is 29.3 Å². The van der Waals surface area contributed by atoms with Crippen LogP contribution >= 0.6 is 0 Å². The lowest BCUT2D eigenvalue weighted by molar-refractivity contribution is -0.137. The van der Waals surface area contributed by atoms with Crippen molar-refractivity contribution < 1.29 is 23.1 Å². The molecular formula is C13H14F3NO2. The third-order valence-corrected chi connectivity index (χ3v) is 3.29. The monoisotopic (exact) mass is 273 g/mol. The fraction of sp³-hybridized carbons (Fsp3) is 0.462. The quantitative estimate of drug-likeness (QED) is 0.881. The Hall–Kier alpha value is -1.72. The van der Waals surface area contributed by atoms with Gasteiger partial charge in [-0.1, -0.05) is 12.8 Å². The third-order valence-electron chi connectivity index (χ3n) is 3.29. The minimum Gasteiger partial charge on any atom is -0.478 e. The number of carbonyl (C=O) groups is 1. The molecule has 0 aromatic heterocycles. The second-order valence-electron chi connectivity index (χ2n) is 4.69. The first kappa shape index (κ1) is 13.7. The molecule has 0 saturated heterocycles. The van der Waals surface area contributed by atoms with E-state index in [1.807, 2.05) is 0 Å². The summed E-state index contributed by atoms with van der Waals surface area (Å²) in [4.78, 5) is 11.1. The van der Waals surface area contributed by atoms with Gasteiger partial charge in [0.25, 0.3) is 0 Å². The van der Waals surface area contributed by atoms with Crippen LogP contribution < -0.4 is 5.32 Å². The maximum absolute atomic E-state index is 12.6. The smallest absolute Gasteiger partial charge is 0.416 e. The Balaban J connectivity index is 2.29. The molecule has 2 rings (SSSR count). The number of anilines is 1. The van der Waals surface area contributed by atoms with Crippen molar-refractivity contribution in [1.29, 1.82) is 0 Å². The van der Waals surface area contributed by atoms with Crippen molar-refractivity contribution >= 4 is 11.7 Å². The molecule has 1 aromatic carbocycles. The van der Waals surface area contributed by atoms with Crippen molar-refractivity contribution in [2.24, 2.45) is 0 Å². The predicted octanol–water partition coefficient (Wildman–Crippen LogP) is 3.76. The third kappa shape index (κ3) is 3.19. The number of halogens is 3. The van der Waals surface area contributed by atoms with Crippen LogP contribution in [0.5, 0.6) is 0 Å². The molecule has 1 aromatic rings. The second-order valence-corrected chi connectivity index (χ2v) is 4.69. The van der Waals surface area contributed by atoms with E-state index >= 15 is 0 Å². The van der Waals surface area contributed by atoms with Gasteiger partial charge >= 0.3 is 12.1 Å². The number of carboxylic acid groups (broad SMARTS) is 1. The van der Waals surface area contributed by atoms with Crippen LogP contribution in [0.1, 0.15) is 41.6 Å². The normalized spacial score (nSPS) is 16.6. The number of hydrogen-bond acceptors (Lipinski definition) is 2. The Morgan fingerprint density at radius 2 is 1.89 bits per heavy atom. The minimum atomic E-state index is -4.53. The van der Waals surface area contributed by atoms with Gasteiger partial charge in [-0.2, -0.15) is 13.2 Å². The fourth-order valence-electron chi connectivity index (χ4n) is 2.31. The van der Waals surface area contributed by atoms with Gasteiger partial charge in [0.15, 0.2) is 0 Å². The van der Waals surface area contributed by atoms with E-state index in [1.165, 1.54) is 6.07 Å². The van der Waals surface area contributed by atoms with E-state index in [2.05, 4.69) is 5.32 Å². The predicted molar refractivity (Wildman–Crippen MR) is 64.3 cm³/mol. The Kier molecular flexibility index (Phi) is 3.68. The molecule has 1 saturated carbocycles. The van der Waals surface area contributed by atoms with Crippen LogP contribution in [0.4, 0.5) is 18.9 Å². The number of hydrogen-bond donors (Lipinski definition) is 2. The van der Waals surface area contributed by atoms with Crippen LogP contribution in [0.2, 0.25) is 0 Å². The lowest BCUT2D eigenvalue weighted by Gasteiger charge is -2.17. The minimum absolute atomic E-state index is 0.148. The molecule has 1 fully saturated rings. The fourth-order valence-corrected chi connectivity index (χ4v) is 2.31. The molecule has 3 nitrogen and oxygen atoms in total. The zero-order valence-electron chi connectivity index (χ0n) is 10.1. The highest BCUT2D eigenvalue weighted by Gasteiger charge is 2.32. The largest absolute Gasteiger partial charge is 0.478 e. The van der Waals surface area contributed by atoms with Gasteiger partial charge in [-0.05, 0) is 31.0 Å². The van der Waals surface area contributed by atoms with E-state index in [0.29, 0.717) is 6.07 Å². The van der Waals surface area contributed by atoms with E-state index < -0.39 is 17.7 Å². The number of aromatic carboxylic acids is 1. The summed E-state index contributed by atoms with van der Waals surface area (Å²) in [6.07, 6.45) is -0.586. The maximum atomic E-state index is 12.6. The SMILES string of the molecule is O=C(O)c1cc(C(F)(F)F)ccc1NC1CCCC1. The molecular weight excluding hydrogens is 259 g/mol. The highest BCUT2D eigenvalue weighted by Crippen LogP contribution is 2.33. The van der Waals surface area contributed by atoms with Gasteiger partial charge in [0.05, 0.1) is 11.1 Å². The number of nitrogens with one attached hydrogen (secondary N) is 1. The molecule has 0 heterocycles. The Labute approximate surface area is 108 Å². The topological polar surface area (TPSA) is 49.3 Å². The van der Waals surface area contributed by atoms with Crippen LogP contribution in [0.3, 0.4) is 0 Å². The van der Waals surface area contributed by atoms with Gasteiger partial charge in [-0.25, -0.2) is 4.79 Å². The summed E-state index contributed by atoms with van der Waals surface area (Å²) in [5.74, 6) is -1.36. The molecule has 2 N–H and O–H groups in total. The number of rotatable bonds is 3. The van der Waals surface area contributed by atoms with Gasteiger partial charge in [-0.15, -0.1) is 0 Å². The Morgan fingerprint density at radius 3 is 2.42 bits per heavy atom. The number of benzene rings is 1. The van der Waals surface area contributed by atoms with Crippen molar-refractivity contribution in [2.45, 2.75) is 37.9 Å². The first-order valence-corrected chi connectivity index (χ1v) is 6.09. The van der Waals surface area contributed by atoms with Crippen molar-refractivity contribution in [1.82, 2.24) is 0 Å². The van der Waals surface area contributed by atoms with Gasteiger partial charge in [-0.3, -0.25) is 0 Å². The molecule has 0 radical (unpaired) electrons. The van der Waals surface area contributed by atoms with Gasteiger partial charge in [0.1, 0.15) is 0 Å². The summed E-state index contributed by atoms with van der Waals surface area (Å²) in [5, 5.41) is 12.0. The molecule has 0 aliphatic heterocycles. The van der Waals surface area contributed by atoms with E-state index in [0.717, 1.165) is 31.7 Å². The molecule has 0 atom stereocenters.